The molecule has 2 rings (SSSR count). The summed E-state index contributed by atoms with van der Waals surface area (Å²) in [6.45, 7) is 0.154. The first kappa shape index (κ1) is 19.7. The monoisotopic (exact) mass is 375 g/mol. The van der Waals surface area contributed by atoms with Crippen LogP contribution in [0.3, 0.4) is 0 Å². The second-order valence-corrected chi connectivity index (χ2v) is 7.07. The second-order valence-electron chi connectivity index (χ2n) is 5.59. The van der Waals surface area contributed by atoms with Gasteiger partial charge in [-0.15, -0.1) is 0 Å². The Morgan fingerprint density at radius 3 is 1.92 bits per heavy atom. The van der Waals surface area contributed by atoms with Crippen molar-refractivity contribution in [1.29, 1.82) is 0 Å². The van der Waals surface area contributed by atoms with Crippen molar-refractivity contribution < 1.29 is 23.3 Å². The number of nitrogens with one attached hydrogen (secondary N) is 1. The Morgan fingerprint density at radius 1 is 0.923 bits per heavy atom. The number of benzene rings is 2. The number of alkyl carbamates (subject to hydrolysis) is 1. The van der Waals surface area contributed by atoms with Gasteiger partial charge in [-0.1, -0.05) is 60.7 Å². The molecule has 0 spiro atoms. The third-order valence-corrected chi connectivity index (χ3v) is 4.22. The summed E-state index contributed by atoms with van der Waals surface area (Å²) in [7, 11) is -1.29. The highest BCUT2D eigenvalue weighted by molar-refractivity contribution is 7.84. The van der Waals surface area contributed by atoms with Gasteiger partial charge in [-0.3, -0.25) is 4.21 Å². The van der Waals surface area contributed by atoms with Crippen molar-refractivity contribution in [3.8, 4) is 0 Å². The van der Waals surface area contributed by atoms with Crippen LogP contribution >= 0.6 is 0 Å². The molecule has 0 radical (unpaired) electrons. The molecule has 0 heterocycles. The fourth-order valence-electron chi connectivity index (χ4n) is 2.14. The van der Waals surface area contributed by atoms with Crippen LogP contribution in [-0.2, 0) is 38.3 Å². The molecule has 2 aromatic rings. The van der Waals surface area contributed by atoms with Crippen LogP contribution in [0.2, 0.25) is 0 Å². The number of amides is 1. The molecule has 6 nitrogen and oxygen atoms in total. The van der Waals surface area contributed by atoms with Crippen LogP contribution in [-0.4, -0.2) is 34.3 Å². The van der Waals surface area contributed by atoms with E-state index >= 15 is 0 Å². The highest BCUT2D eigenvalue weighted by Crippen LogP contribution is 2.04. The van der Waals surface area contributed by atoms with Crippen molar-refractivity contribution in [3.05, 3.63) is 71.8 Å². The van der Waals surface area contributed by atoms with Crippen molar-refractivity contribution in [2.75, 3.05) is 12.0 Å². The Hall–Kier alpha value is -2.67. The van der Waals surface area contributed by atoms with E-state index in [9.17, 15) is 13.8 Å². The molecule has 0 saturated carbocycles. The molecule has 2 atom stereocenters. The molecule has 0 fully saturated rings. The fourth-order valence-corrected chi connectivity index (χ4v) is 2.83. The Kier molecular flexibility index (Phi) is 7.82. The number of hydrogen-bond acceptors (Lipinski definition) is 5. The van der Waals surface area contributed by atoms with E-state index in [0.29, 0.717) is 0 Å². The van der Waals surface area contributed by atoms with E-state index in [4.69, 9.17) is 9.47 Å². The fraction of sp³-hybridized carbons (Fsp3) is 0.263. The highest BCUT2D eigenvalue weighted by atomic mass is 32.2. The zero-order valence-electron chi connectivity index (χ0n) is 14.4. The van der Waals surface area contributed by atoms with Crippen LogP contribution in [0.4, 0.5) is 4.79 Å². The highest BCUT2D eigenvalue weighted by Gasteiger charge is 2.24. The number of esters is 1. The molecule has 2 aromatic carbocycles. The number of ether oxygens (including phenoxy) is 2. The molecule has 26 heavy (non-hydrogen) atoms. The number of carbonyl (C=O) groups is 2. The molecule has 0 aliphatic carbocycles. The van der Waals surface area contributed by atoms with Gasteiger partial charge in [0.05, 0.1) is 5.75 Å². The Bertz CT molecular complexity index is 736. The van der Waals surface area contributed by atoms with Gasteiger partial charge in [-0.25, -0.2) is 9.59 Å². The van der Waals surface area contributed by atoms with Gasteiger partial charge < -0.3 is 14.8 Å². The first-order valence-corrected chi connectivity index (χ1v) is 9.75. The van der Waals surface area contributed by atoms with Crippen LogP contribution in [0.1, 0.15) is 11.1 Å². The van der Waals surface area contributed by atoms with Gasteiger partial charge in [-0.05, 0) is 11.1 Å². The predicted octanol–water partition coefficient (Wildman–Crippen LogP) is 2.40. The summed E-state index contributed by atoms with van der Waals surface area (Å²) in [5, 5.41) is 2.43. The Balaban J connectivity index is 1.87. The summed E-state index contributed by atoms with van der Waals surface area (Å²) in [5.41, 5.74) is 1.65. The van der Waals surface area contributed by atoms with E-state index in [1.165, 1.54) is 6.26 Å². The Labute approximate surface area is 155 Å². The first-order chi connectivity index (χ1) is 12.5. The third-order valence-electron chi connectivity index (χ3n) is 3.41. The molecule has 0 aromatic heterocycles. The topological polar surface area (TPSA) is 81.7 Å². The predicted molar refractivity (Wildman–Crippen MR) is 98.7 cm³/mol. The van der Waals surface area contributed by atoms with Gasteiger partial charge in [-0.2, -0.15) is 0 Å². The molecular weight excluding hydrogens is 354 g/mol. The van der Waals surface area contributed by atoms with Crippen molar-refractivity contribution >= 4 is 22.9 Å². The molecule has 1 unspecified atom stereocenters. The van der Waals surface area contributed by atoms with E-state index < -0.39 is 28.9 Å². The lowest BCUT2D eigenvalue weighted by Crippen LogP contribution is -2.45. The smallest absolute Gasteiger partial charge is 0.408 e. The maximum atomic E-state index is 12.2. The molecule has 1 N–H and O–H groups in total. The van der Waals surface area contributed by atoms with Crippen LogP contribution in [0, 0.1) is 0 Å². The van der Waals surface area contributed by atoms with Crippen LogP contribution in [0.15, 0.2) is 60.7 Å². The normalized spacial score (nSPS) is 12.7. The molecule has 1 amide bonds. The van der Waals surface area contributed by atoms with Gasteiger partial charge in [0.2, 0.25) is 0 Å². The van der Waals surface area contributed by atoms with Gasteiger partial charge in [0.15, 0.2) is 0 Å². The average Bonchev–Trinajstić information content (AvgIpc) is 2.65. The average molecular weight is 375 g/mol. The molecular formula is C19H21NO5S. The molecule has 0 aliphatic rings. The van der Waals surface area contributed by atoms with Crippen molar-refractivity contribution in [1.82, 2.24) is 5.32 Å². The second kappa shape index (κ2) is 10.4. The maximum Gasteiger partial charge on any atom is 0.408 e. The molecule has 0 aliphatic heterocycles. The van der Waals surface area contributed by atoms with Crippen LogP contribution in [0.5, 0.6) is 0 Å². The zero-order valence-corrected chi connectivity index (χ0v) is 15.2. The van der Waals surface area contributed by atoms with Gasteiger partial charge in [0, 0.05) is 17.1 Å². The minimum atomic E-state index is -1.29. The van der Waals surface area contributed by atoms with E-state index in [1.807, 2.05) is 60.7 Å². The lowest BCUT2D eigenvalue weighted by atomic mass is 10.2. The Morgan fingerprint density at radius 2 is 1.42 bits per heavy atom. The van der Waals surface area contributed by atoms with Crippen molar-refractivity contribution in [2.45, 2.75) is 19.3 Å². The van der Waals surface area contributed by atoms with E-state index in [1.54, 1.807) is 0 Å². The quantitative estimate of drug-likeness (QED) is 0.717. The SMILES string of the molecule is CS(=O)C[C@H](NC(=O)OCc1ccccc1)C(=O)OCc1ccccc1. The lowest BCUT2D eigenvalue weighted by Gasteiger charge is -2.16. The third kappa shape index (κ3) is 7.06. The minimum absolute atomic E-state index is 0.0476. The maximum absolute atomic E-state index is 12.2. The van der Waals surface area contributed by atoms with E-state index in [-0.39, 0.29) is 19.0 Å². The molecule has 0 saturated heterocycles. The van der Waals surface area contributed by atoms with Crippen LogP contribution < -0.4 is 5.32 Å². The number of hydrogen-bond donors (Lipinski definition) is 1. The van der Waals surface area contributed by atoms with E-state index in [0.717, 1.165) is 11.1 Å². The summed E-state index contributed by atoms with van der Waals surface area (Å²) in [4.78, 5) is 24.2. The number of rotatable bonds is 8. The van der Waals surface area contributed by atoms with Gasteiger partial charge >= 0.3 is 12.1 Å². The van der Waals surface area contributed by atoms with E-state index in [2.05, 4.69) is 5.32 Å². The van der Waals surface area contributed by atoms with Crippen molar-refractivity contribution in [2.24, 2.45) is 0 Å². The summed E-state index contributed by atoms with van der Waals surface area (Å²) < 4.78 is 21.8. The summed E-state index contributed by atoms with van der Waals surface area (Å²) in [6.07, 6.45) is 0.690. The number of carbonyl (C=O) groups excluding carboxylic acids is 2. The van der Waals surface area contributed by atoms with Gasteiger partial charge in [0.1, 0.15) is 19.3 Å². The molecule has 138 valence electrons. The zero-order chi connectivity index (χ0) is 18.8. The summed E-state index contributed by atoms with van der Waals surface area (Å²) in [6, 6.07) is 17.3. The van der Waals surface area contributed by atoms with Gasteiger partial charge in [0.25, 0.3) is 0 Å². The lowest BCUT2D eigenvalue weighted by molar-refractivity contribution is -0.146. The summed E-state index contributed by atoms with van der Waals surface area (Å²) in [5.74, 6) is -0.700. The first-order valence-electron chi connectivity index (χ1n) is 8.02. The van der Waals surface area contributed by atoms with Crippen molar-refractivity contribution in [3.63, 3.8) is 0 Å². The summed E-state index contributed by atoms with van der Waals surface area (Å²) >= 11 is 0. The standard InChI is InChI=1S/C19H21NO5S/c1-26(23)14-17(18(21)24-12-15-8-4-2-5-9-15)20-19(22)25-13-16-10-6-3-7-11-16/h2-11,17H,12-14H2,1H3,(H,20,22)/t17-,26?/m0/s1. The van der Waals surface area contributed by atoms with Crippen LogP contribution in [0.25, 0.3) is 0 Å². The molecule has 7 heteroatoms. The largest absolute Gasteiger partial charge is 0.459 e. The minimum Gasteiger partial charge on any atom is -0.459 e. The molecule has 0 bridgehead atoms.